The van der Waals surface area contributed by atoms with Gasteiger partial charge in [-0.25, -0.2) is 9.97 Å². The number of aromatic nitrogens is 4. The molecule has 61 valence electrons. The third-order valence-corrected chi connectivity index (χ3v) is 1.55. The smallest absolute Gasteiger partial charge is 0.159 e. The Balaban J connectivity index is 0.000000605. The Morgan fingerprint density at radius 3 is 2.64 bits per heavy atom. The van der Waals surface area contributed by atoms with E-state index in [2.05, 4.69) is 19.9 Å². The van der Waals surface area contributed by atoms with Crippen molar-refractivity contribution in [2.45, 2.75) is 0 Å². The van der Waals surface area contributed by atoms with Crippen molar-refractivity contribution in [1.29, 1.82) is 0 Å². The predicted octanol–water partition coefficient (Wildman–Crippen LogP) is 1.01. The van der Waals surface area contributed by atoms with Crippen LogP contribution in [0.1, 0.15) is 0 Å². The SMILES string of the molecule is S=c1nc[nH]c2nc[nH]c12.[Ag]. The Kier molecular flexibility index (Phi) is 2.56. The van der Waals surface area contributed by atoms with Gasteiger partial charge < -0.3 is 9.97 Å². The molecule has 2 N–H and O–H groups in total. The molecule has 0 saturated carbocycles. The van der Waals surface area contributed by atoms with Crippen LogP contribution in [0.3, 0.4) is 0 Å². The van der Waals surface area contributed by atoms with Gasteiger partial charge in [-0.3, -0.25) is 0 Å². The maximum absolute atomic E-state index is 4.91. The number of imidazole rings is 1. The summed E-state index contributed by atoms with van der Waals surface area (Å²) in [6.07, 6.45) is 3.12. The Morgan fingerprint density at radius 2 is 1.91 bits per heavy atom. The van der Waals surface area contributed by atoms with Gasteiger partial charge in [-0.1, -0.05) is 12.2 Å². The van der Waals surface area contributed by atoms with E-state index in [0.717, 1.165) is 11.2 Å². The predicted molar refractivity (Wildman–Crippen MR) is 39.1 cm³/mol. The zero-order valence-electron chi connectivity index (χ0n) is 5.26. The molecule has 4 nitrogen and oxygen atoms in total. The number of fused-ring (bicyclic) bond motifs is 1. The standard InChI is InChI=1S/C5H4N4S.Ag/c10-5-3-4(7-1-6-3)8-2-9-5;/h1-2H,(H2,6,7,8,9,10);. The molecule has 11 heavy (non-hydrogen) atoms. The van der Waals surface area contributed by atoms with E-state index >= 15 is 0 Å². The van der Waals surface area contributed by atoms with Crippen molar-refractivity contribution >= 4 is 23.4 Å². The molecule has 0 amide bonds. The minimum Gasteiger partial charge on any atom is -0.341 e. The van der Waals surface area contributed by atoms with Gasteiger partial charge in [-0.2, -0.15) is 0 Å². The number of H-pyrrole nitrogens is 2. The molecule has 1 radical (unpaired) electrons. The number of hydrogen-bond acceptors (Lipinski definition) is 3. The van der Waals surface area contributed by atoms with Crippen LogP contribution in [-0.2, 0) is 22.4 Å². The van der Waals surface area contributed by atoms with Crippen LogP contribution in [0.2, 0.25) is 0 Å². The molecule has 2 aromatic heterocycles. The fourth-order valence-electron chi connectivity index (χ4n) is 0.783. The van der Waals surface area contributed by atoms with Gasteiger partial charge in [0.15, 0.2) is 10.3 Å². The summed E-state index contributed by atoms with van der Waals surface area (Å²) >= 11 is 4.91. The normalized spacial score (nSPS) is 9.45. The third kappa shape index (κ3) is 1.41. The number of nitrogens with one attached hydrogen (secondary N) is 2. The largest absolute Gasteiger partial charge is 0.341 e. The van der Waals surface area contributed by atoms with Crippen molar-refractivity contribution in [2.75, 3.05) is 0 Å². The fourth-order valence-corrected chi connectivity index (χ4v) is 0.992. The molecule has 0 aliphatic carbocycles. The zero-order valence-corrected chi connectivity index (χ0v) is 7.56. The number of aromatic amines is 2. The first-order valence-corrected chi connectivity index (χ1v) is 3.15. The van der Waals surface area contributed by atoms with Crippen LogP contribution >= 0.6 is 12.2 Å². The van der Waals surface area contributed by atoms with Gasteiger partial charge >= 0.3 is 0 Å². The molecule has 0 bridgehead atoms. The van der Waals surface area contributed by atoms with Crippen molar-refractivity contribution in [3.63, 3.8) is 0 Å². The first-order valence-electron chi connectivity index (χ1n) is 2.75. The maximum Gasteiger partial charge on any atom is 0.159 e. The van der Waals surface area contributed by atoms with E-state index < -0.39 is 0 Å². The van der Waals surface area contributed by atoms with Crippen LogP contribution in [0.25, 0.3) is 11.2 Å². The van der Waals surface area contributed by atoms with Crippen LogP contribution in [0.5, 0.6) is 0 Å². The minimum absolute atomic E-state index is 0. The van der Waals surface area contributed by atoms with Gasteiger partial charge in [-0.15, -0.1) is 0 Å². The molecule has 0 saturated heterocycles. The van der Waals surface area contributed by atoms with Crippen molar-refractivity contribution in [1.82, 2.24) is 19.9 Å². The van der Waals surface area contributed by atoms with Gasteiger partial charge in [0.05, 0.1) is 12.7 Å². The average Bonchev–Trinajstić information content (AvgIpc) is 2.36. The summed E-state index contributed by atoms with van der Waals surface area (Å²) in [6.45, 7) is 0. The van der Waals surface area contributed by atoms with Crippen molar-refractivity contribution < 1.29 is 22.4 Å². The monoisotopic (exact) mass is 259 g/mol. The molecule has 0 aliphatic rings. The van der Waals surface area contributed by atoms with Gasteiger partial charge in [-0.05, 0) is 0 Å². The molecule has 0 spiro atoms. The van der Waals surface area contributed by atoms with E-state index in [1.807, 2.05) is 0 Å². The van der Waals surface area contributed by atoms with Crippen LogP contribution in [0, 0.1) is 4.64 Å². The van der Waals surface area contributed by atoms with Crippen LogP contribution in [0.15, 0.2) is 12.7 Å². The van der Waals surface area contributed by atoms with Gasteiger partial charge in [0.2, 0.25) is 0 Å². The minimum atomic E-state index is 0. The topological polar surface area (TPSA) is 57.4 Å². The Labute approximate surface area is 83.0 Å². The summed E-state index contributed by atoms with van der Waals surface area (Å²) in [5.41, 5.74) is 1.54. The summed E-state index contributed by atoms with van der Waals surface area (Å²) in [5.74, 6) is 0. The molecule has 2 aromatic rings. The number of nitrogens with zero attached hydrogens (tertiary/aromatic N) is 2. The quantitative estimate of drug-likeness (QED) is 0.549. The summed E-state index contributed by atoms with van der Waals surface area (Å²) in [4.78, 5) is 13.6. The molecular formula is C5H4AgN4S. The van der Waals surface area contributed by atoms with Crippen molar-refractivity contribution in [2.24, 2.45) is 0 Å². The van der Waals surface area contributed by atoms with Gasteiger partial charge in [0, 0.05) is 22.4 Å². The summed E-state index contributed by atoms with van der Waals surface area (Å²) < 4.78 is 0.547. The zero-order chi connectivity index (χ0) is 6.97. The summed E-state index contributed by atoms with van der Waals surface area (Å²) in [6, 6.07) is 0. The van der Waals surface area contributed by atoms with E-state index in [-0.39, 0.29) is 22.4 Å². The summed E-state index contributed by atoms with van der Waals surface area (Å²) in [5, 5.41) is 0. The average molecular weight is 260 g/mol. The van der Waals surface area contributed by atoms with E-state index in [9.17, 15) is 0 Å². The number of rotatable bonds is 0. The molecule has 6 heteroatoms. The fraction of sp³-hybridized carbons (Fsp3) is 0. The molecule has 0 aliphatic heterocycles. The molecule has 0 aromatic carbocycles. The van der Waals surface area contributed by atoms with E-state index in [1.165, 1.54) is 6.33 Å². The molecular weight excluding hydrogens is 256 g/mol. The first-order chi connectivity index (χ1) is 4.88. The Bertz CT molecular complexity index is 406. The van der Waals surface area contributed by atoms with E-state index in [0.29, 0.717) is 4.64 Å². The van der Waals surface area contributed by atoms with Gasteiger partial charge in [0.1, 0.15) is 5.52 Å². The third-order valence-electron chi connectivity index (χ3n) is 1.24. The summed E-state index contributed by atoms with van der Waals surface area (Å²) in [7, 11) is 0. The first kappa shape index (κ1) is 8.61. The van der Waals surface area contributed by atoms with Crippen molar-refractivity contribution in [3.05, 3.63) is 17.3 Å². The van der Waals surface area contributed by atoms with Crippen LogP contribution in [-0.4, -0.2) is 19.9 Å². The van der Waals surface area contributed by atoms with Crippen LogP contribution < -0.4 is 0 Å². The molecule has 2 heterocycles. The van der Waals surface area contributed by atoms with E-state index in [4.69, 9.17) is 12.2 Å². The second-order valence-electron chi connectivity index (χ2n) is 1.83. The molecule has 0 unspecified atom stereocenters. The second kappa shape index (κ2) is 3.27. The number of hydrogen-bond donors (Lipinski definition) is 2. The van der Waals surface area contributed by atoms with Crippen molar-refractivity contribution in [3.8, 4) is 0 Å². The molecule has 0 fully saturated rings. The van der Waals surface area contributed by atoms with Gasteiger partial charge in [0.25, 0.3) is 0 Å². The molecule has 0 atom stereocenters. The molecule has 2 rings (SSSR count). The van der Waals surface area contributed by atoms with Crippen LogP contribution in [0.4, 0.5) is 0 Å². The Hall–Kier alpha value is -0.490. The Morgan fingerprint density at radius 1 is 1.18 bits per heavy atom. The van der Waals surface area contributed by atoms with E-state index in [1.54, 1.807) is 6.33 Å². The second-order valence-corrected chi connectivity index (χ2v) is 2.22. The maximum atomic E-state index is 4.91.